The van der Waals surface area contributed by atoms with Gasteiger partial charge < -0.3 is 0 Å². The van der Waals surface area contributed by atoms with Crippen LogP contribution in [0.3, 0.4) is 0 Å². The molecule has 0 aliphatic rings. The Labute approximate surface area is 43.8 Å². The summed E-state index contributed by atoms with van der Waals surface area (Å²) in [5.74, 6) is 0. The third kappa shape index (κ3) is 318. The van der Waals surface area contributed by atoms with Crippen molar-refractivity contribution < 1.29 is 8.78 Å². The lowest BCUT2D eigenvalue weighted by Gasteiger charge is -1.87. The second kappa shape index (κ2) is 2.55. The molecular formula is CCl2F2N. The molecule has 0 saturated carbocycles. The minimum Gasteiger partial charge on any atom is -0.172 e. The fourth-order valence-electron chi connectivity index (χ4n) is 0. The smallest absolute Gasteiger partial charge is 0.172 e. The average molecular weight is 135 g/mol. The molecular weight excluding hydrogens is 135 g/mol. The number of rotatable bonds is 0. The van der Waals surface area contributed by atoms with Crippen molar-refractivity contribution in [3.05, 3.63) is 0 Å². The Kier molecular flexibility index (Phi) is 4.10. The molecule has 5 heteroatoms. The molecule has 6 heavy (non-hydrogen) atoms. The molecule has 0 atom stereocenters. The molecule has 0 aromatic carbocycles. The summed E-state index contributed by atoms with van der Waals surface area (Å²) < 4.78 is 21.1. The van der Waals surface area contributed by atoms with Gasteiger partial charge in [0.1, 0.15) is 0 Å². The third-order valence-electron chi connectivity index (χ3n) is 0. The monoisotopic (exact) mass is 134 g/mol. The van der Waals surface area contributed by atoms with Crippen LogP contribution in [0, 0.1) is 0 Å². The van der Waals surface area contributed by atoms with Crippen LogP contribution < -0.4 is 6.15 Å². The SMILES string of the molecule is FC(F)(Cl)Cl.[N]. The zero-order chi connectivity index (χ0) is 4.50. The van der Waals surface area contributed by atoms with E-state index in [9.17, 15) is 8.78 Å². The van der Waals surface area contributed by atoms with Crippen molar-refractivity contribution in [2.24, 2.45) is 0 Å². The summed E-state index contributed by atoms with van der Waals surface area (Å²) in [6.45, 7) is 0. The van der Waals surface area contributed by atoms with Crippen molar-refractivity contribution in [3.8, 4) is 0 Å². The minimum absolute atomic E-state index is 0. The Balaban J connectivity index is 0. The summed E-state index contributed by atoms with van der Waals surface area (Å²) in [5, 5.41) is 0. The molecule has 3 radical (unpaired) electrons. The van der Waals surface area contributed by atoms with Crippen LogP contribution in [0.5, 0.6) is 0 Å². The summed E-state index contributed by atoms with van der Waals surface area (Å²) >= 11 is 7.92. The van der Waals surface area contributed by atoms with Gasteiger partial charge in [-0.15, -0.1) is 0 Å². The predicted octanol–water partition coefficient (Wildman–Crippen LogP) is 1.53. The molecule has 0 aromatic rings. The molecule has 0 N–H and O–H groups in total. The largest absolute Gasteiger partial charge is 0.401 e. The maximum atomic E-state index is 10.6. The van der Waals surface area contributed by atoms with Gasteiger partial charge in [-0.2, -0.15) is 8.78 Å². The van der Waals surface area contributed by atoms with Gasteiger partial charge in [0, 0.05) is 6.15 Å². The van der Waals surface area contributed by atoms with E-state index in [1.165, 1.54) is 0 Å². The van der Waals surface area contributed by atoms with E-state index in [2.05, 4.69) is 23.2 Å². The molecule has 0 spiro atoms. The first kappa shape index (κ1) is 9.64. The lowest BCUT2D eigenvalue weighted by Crippen LogP contribution is -1.86. The Hall–Kier alpha value is 0.400. The Bertz CT molecular complexity index is 27.0. The second-order valence-electron chi connectivity index (χ2n) is 0.429. The van der Waals surface area contributed by atoms with Crippen LogP contribution in [0.25, 0.3) is 0 Å². The number of alkyl halides is 4. The number of nitrogens with zero attached hydrogens (tertiary/aromatic N) is 1. The van der Waals surface area contributed by atoms with Crippen molar-refractivity contribution in [3.63, 3.8) is 0 Å². The van der Waals surface area contributed by atoms with E-state index in [0.717, 1.165) is 0 Å². The summed E-state index contributed by atoms with van der Waals surface area (Å²) in [5.41, 5.74) is 0. The summed E-state index contributed by atoms with van der Waals surface area (Å²) in [7, 11) is 0. The predicted molar refractivity (Wildman–Crippen MR) is 18.8 cm³/mol. The van der Waals surface area contributed by atoms with Gasteiger partial charge in [0.25, 0.3) is 0 Å². The molecule has 0 aliphatic carbocycles. The van der Waals surface area contributed by atoms with Crippen LogP contribution in [0.4, 0.5) is 8.78 Å². The fraction of sp³-hybridized carbons (Fsp3) is 1.00. The van der Waals surface area contributed by atoms with Crippen molar-refractivity contribution in [2.75, 3.05) is 0 Å². The van der Waals surface area contributed by atoms with Crippen molar-refractivity contribution in [1.29, 1.82) is 0 Å². The van der Waals surface area contributed by atoms with E-state index in [1.54, 1.807) is 0 Å². The Morgan fingerprint density at radius 2 is 1.17 bits per heavy atom. The zero-order valence-corrected chi connectivity index (χ0v) is 3.97. The lowest BCUT2D eigenvalue weighted by atomic mass is 11.7. The van der Waals surface area contributed by atoms with Crippen molar-refractivity contribution >= 4 is 23.2 Å². The molecule has 0 heterocycles. The molecule has 0 aliphatic heterocycles. The Morgan fingerprint density at radius 3 is 1.17 bits per heavy atom. The minimum atomic E-state index is -3.56. The van der Waals surface area contributed by atoms with Crippen LogP contribution in [0.1, 0.15) is 0 Å². The number of hydrogen-bond acceptors (Lipinski definition) is 0. The maximum Gasteiger partial charge on any atom is 0.401 e. The van der Waals surface area contributed by atoms with Crippen LogP contribution in [-0.2, 0) is 0 Å². The van der Waals surface area contributed by atoms with Crippen molar-refractivity contribution in [1.82, 2.24) is 6.15 Å². The van der Waals surface area contributed by atoms with Gasteiger partial charge in [-0.3, -0.25) is 0 Å². The molecule has 1 nitrogen and oxygen atoms in total. The van der Waals surface area contributed by atoms with Gasteiger partial charge in [-0.1, -0.05) is 0 Å². The number of halogens is 4. The fourth-order valence-corrected chi connectivity index (χ4v) is 0. The summed E-state index contributed by atoms with van der Waals surface area (Å²) in [6, 6.07) is 0. The van der Waals surface area contributed by atoms with Gasteiger partial charge >= 0.3 is 4.84 Å². The van der Waals surface area contributed by atoms with E-state index in [4.69, 9.17) is 0 Å². The highest BCUT2D eigenvalue weighted by Crippen LogP contribution is 2.22. The van der Waals surface area contributed by atoms with E-state index in [0.29, 0.717) is 0 Å². The van der Waals surface area contributed by atoms with Crippen LogP contribution >= 0.6 is 23.2 Å². The highest BCUT2D eigenvalue weighted by Gasteiger charge is 2.17. The first-order valence-electron chi connectivity index (χ1n) is 0.756. The molecule has 0 aromatic heterocycles. The molecule has 0 amide bonds. The van der Waals surface area contributed by atoms with Crippen LogP contribution in [0.15, 0.2) is 0 Å². The average Bonchev–Trinajstić information content (AvgIpc) is 0.722. The van der Waals surface area contributed by atoms with Gasteiger partial charge in [0.05, 0.1) is 0 Å². The van der Waals surface area contributed by atoms with Gasteiger partial charge in [-0.05, 0) is 23.2 Å². The van der Waals surface area contributed by atoms with Gasteiger partial charge in [-0.25, -0.2) is 0 Å². The van der Waals surface area contributed by atoms with E-state index < -0.39 is 4.84 Å². The van der Waals surface area contributed by atoms with Crippen molar-refractivity contribution in [2.45, 2.75) is 4.84 Å². The lowest BCUT2D eigenvalue weighted by molar-refractivity contribution is 0.194. The van der Waals surface area contributed by atoms with Gasteiger partial charge in [0.2, 0.25) is 0 Å². The summed E-state index contributed by atoms with van der Waals surface area (Å²) in [6.07, 6.45) is 0. The topological polar surface area (TPSA) is 30.5 Å². The van der Waals surface area contributed by atoms with E-state index in [1.807, 2.05) is 0 Å². The zero-order valence-electron chi connectivity index (χ0n) is 2.46. The first-order chi connectivity index (χ1) is 2.00. The third-order valence-corrected chi connectivity index (χ3v) is 0. The quantitative estimate of drug-likeness (QED) is 0.451. The molecule has 0 unspecified atom stereocenters. The molecule has 0 rings (SSSR count). The molecule has 0 fully saturated rings. The second-order valence-corrected chi connectivity index (χ2v) is 1.57. The number of hydrogen-bond donors (Lipinski definition) is 0. The highest BCUT2D eigenvalue weighted by molar-refractivity contribution is 6.45. The first-order valence-corrected chi connectivity index (χ1v) is 1.51. The van der Waals surface area contributed by atoms with E-state index >= 15 is 0 Å². The van der Waals surface area contributed by atoms with Crippen LogP contribution in [-0.4, -0.2) is 4.84 Å². The Morgan fingerprint density at radius 1 is 1.17 bits per heavy atom. The van der Waals surface area contributed by atoms with E-state index in [-0.39, 0.29) is 6.15 Å². The standard InChI is InChI=1S/CCl2F2.N/c2-1(3,4)5;. The maximum absolute atomic E-state index is 10.6. The normalized spacial score (nSPS) is 10.0. The molecule has 0 bridgehead atoms. The highest BCUT2D eigenvalue weighted by atomic mass is 35.5. The molecule has 37 valence electrons. The molecule has 0 saturated heterocycles. The van der Waals surface area contributed by atoms with Gasteiger partial charge in [0.15, 0.2) is 0 Å². The van der Waals surface area contributed by atoms with Crippen LogP contribution in [0.2, 0.25) is 0 Å². The summed E-state index contributed by atoms with van der Waals surface area (Å²) in [4.78, 5) is -3.56.